The monoisotopic (exact) mass is 188 g/mol. The quantitative estimate of drug-likeness (QED) is 0.531. The Morgan fingerprint density at radius 3 is 2.50 bits per heavy atom. The lowest BCUT2D eigenvalue weighted by Gasteiger charge is -2.22. The van der Waals surface area contributed by atoms with Crippen LogP contribution in [0.5, 0.6) is 0 Å². The largest absolute Gasteiger partial charge is 0.462 e. The van der Waals surface area contributed by atoms with Crippen LogP contribution in [0, 0.1) is 0 Å². The van der Waals surface area contributed by atoms with Gasteiger partial charge in [0.15, 0.2) is 0 Å². The number of rotatable bonds is 2. The molecule has 1 saturated carbocycles. The van der Waals surface area contributed by atoms with E-state index in [4.69, 9.17) is 4.74 Å². The van der Waals surface area contributed by atoms with Crippen molar-refractivity contribution in [3.05, 3.63) is 0 Å². The maximum Gasteiger partial charge on any atom is 0.318 e. The van der Waals surface area contributed by atoms with Gasteiger partial charge in [0, 0.05) is 0 Å². The zero-order chi connectivity index (χ0) is 8.97. The molecule has 1 aliphatic rings. The van der Waals surface area contributed by atoms with E-state index in [1.54, 1.807) is 6.92 Å². The van der Waals surface area contributed by atoms with Crippen LogP contribution < -0.4 is 0 Å². The van der Waals surface area contributed by atoms with Gasteiger partial charge in [0.25, 0.3) is 0 Å². The maximum absolute atomic E-state index is 11.1. The molecule has 0 bridgehead atoms. The number of carbonyl (C=O) groups excluding carboxylic acids is 1. The molecule has 1 fully saturated rings. The Kier molecular flexibility index (Phi) is 3.92. The van der Waals surface area contributed by atoms with Crippen LogP contribution in [0.1, 0.15) is 39.0 Å². The summed E-state index contributed by atoms with van der Waals surface area (Å²) >= 11 is 4.02. The summed E-state index contributed by atoms with van der Waals surface area (Å²) in [5, 5.41) is -0.285. The predicted octanol–water partition coefficient (Wildman–Crippen LogP) is 2.18. The van der Waals surface area contributed by atoms with Gasteiger partial charge in [-0.3, -0.25) is 4.79 Å². The first kappa shape index (κ1) is 9.90. The Morgan fingerprint density at radius 1 is 1.42 bits per heavy atom. The Bertz CT molecular complexity index is 151. The van der Waals surface area contributed by atoms with Crippen molar-refractivity contribution < 1.29 is 9.53 Å². The lowest BCUT2D eigenvalue weighted by atomic mass is 9.98. The van der Waals surface area contributed by atoms with Crippen LogP contribution in [0.4, 0.5) is 0 Å². The highest BCUT2D eigenvalue weighted by Crippen LogP contribution is 2.20. The van der Waals surface area contributed by atoms with Gasteiger partial charge in [0.2, 0.25) is 0 Å². The Labute approximate surface area is 79.1 Å². The van der Waals surface area contributed by atoms with Gasteiger partial charge in [0.05, 0.1) is 5.25 Å². The molecule has 2 nitrogen and oxygen atoms in total. The minimum Gasteiger partial charge on any atom is -0.462 e. The summed E-state index contributed by atoms with van der Waals surface area (Å²) in [5.41, 5.74) is 0. The van der Waals surface area contributed by atoms with Crippen LogP contribution in [0.2, 0.25) is 0 Å². The normalized spacial score (nSPS) is 21.8. The van der Waals surface area contributed by atoms with Crippen molar-refractivity contribution in [2.75, 3.05) is 0 Å². The molecule has 12 heavy (non-hydrogen) atoms. The van der Waals surface area contributed by atoms with E-state index < -0.39 is 0 Å². The van der Waals surface area contributed by atoms with Crippen LogP contribution >= 0.6 is 12.6 Å². The highest BCUT2D eigenvalue weighted by molar-refractivity contribution is 7.81. The molecule has 1 atom stereocenters. The van der Waals surface area contributed by atoms with Gasteiger partial charge in [-0.1, -0.05) is 6.42 Å². The molecular weight excluding hydrogens is 172 g/mol. The molecule has 0 aromatic rings. The minimum atomic E-state index is -0.285. The number of esters is 1. The zero-order valence-electron chi connectivity index (χ0n) is 7.45. The molecule has 0 saturated heterocycles. The highest BCUT2D eigenvalue weighted by Gasteiger charge is 2.19. The average molecular weight is 188 g/mol. The molecule has 1 rings (SSSR count). The zero-order valence-corrected chi connectivity index (χ0v) is 8.35. The lowest BCUT2D eigenvalue weighted by Crippen LogP contribution is -2.24. The summed E-state index contributed by atoms with van der Waals surface area (Å²) in [4.78, 5) is 11.1. The van der Waals surface area contributed by atoms with Gasteiger partial charge in [-0.05, 0) is 32.6 Å². The van der Waals surface area contributed by atoms with Crippen molar-refractivity contribution in [3.8, 4) is 0 Å². The van der Waals surface area contributed by atoms with E-state index in [0.29, 0.717) is 0 Å². The third kappa shape index (κ3) is 3.05. The molecule has 0 radical (unpaired) electrons. The van der Waals surface area contributed by atoms with Crippen LogP contribution in [0.3, 0.4) is 0 Å². The Morgan fingerprint density at radius 2 is 2.00 bits per heavy atom. The average Bonchev–Trinajstić information content (AvgIpc) is 2.06. The summed E-state index contributed by atoms with van der Waals surface area (Å²) < 4.78 is 5.24. The predicted molar refractivity (Wildman–Crippen MR) is 51.4 cm³/mol. The number of hydrogen-bond donors (Lipinski definition) is 1. The van der Waals surface area contributed by atoms with Crippen LogP contribution in [-0.4, -0.2) is 17.3 Å². The van der Waals surface area contributed by atoms with E-state index in [1.165, 1.54) is 19.3 Å². The molecule has 0 N–H and O–H groups in total. The highest BCUT2D eigenvalue weighted by atomic mass is 32.1. The number of ether oxygens (including phenoxy) is 1. The van der Waals surface area contributed by atoms with Gasteiger partial charge in [-0.25, -0.2) is 0 Å². The molecule has 0 spiro atoms. The van der Waals surface area contributed by atoms with Crippen molar-refractivity contribution in [3.63, 3.8) is 0 Å². The van der Waals surface area contributed by atoms with E-state index >= 15 is 0 Å². The fourth-order valence-electron chi connectivity index (χ4n) is 1.45. The molecule has 1 aliphatic carbocycles. The molecule has 1 unspecified atom stereocenters. The third-order valence-electron chi connectivity index (χ3n) is 2.18. The SMILES string of the molecule is CC(S)C(=O)OC1CCCCC1. The van der Waals surface area contributed by atoms with E-state index in [-0.39, 0.29) is 17.3 Å². The molecule has 0 heterocycles. The molecule has 0 aromatic carbocycles. The third-order valence-corrected chi connectivity index (χ3v) is 2.39. The van der Waals surface area contributed by atoms with E-state index in [1.807, 2.05) is 0 Å². The smallest absolute Gasteiger partial charge is 0.318 e. The number of hydrogen-bond acceptors (Lipinski definition) is 3. The molecule has 70 valence electrons. The second-order valence-corrected chi connectivity index (χ2v) is 4.15. The van der Waals surface area contributed by atoms with Gasteiger partial charge < -0.3 is 4.74 Å². The fraction of sp³-hybridized carbons (Fsp3) is 0.889. The van der Waals surface area contributed by atoms with E-state index in [2.05, 4.69) is 12.6 Å². The molecule has 0 aromatic heterocycles. The Balaban J connectivity index is 2.24. The van der Waals surface area contributed by atoms with Crippen LogP contribution in [0.25, 0.3) is 0 Å². The van der Waals surface area contributed by atoms with Crippen LogP contribution in [-0.2, 0) is 9.53 Å². The molecule has 0 amide bonds. The van der Waals surface area contributed by atoms with Gasteiger partial charge in [-0.15, -0.1) is 0 Å². The van der Waals surface area contributed by atoms with Crippen molar-refractivity contribution in [2.24, 2.45) is 0 Å². The second kappa shape index (κ2) is 4.75. The van der Waals surface area contributed by atoms with Gasteiger partial charge in [0.1, 0.15) is 6.10 Å². The summed E-state index contributed by atoms with van der Waals surface area (Å²) in [5.74, 6) is -0.176. The summed E-state index contributed by atoms with van der Waals surface area (Å²) in [7, 11) is 0. The molecular formula is C9H16O2S. The van der Waals surface area contributed by atoms with Crippen molar-refractivity contribution in [1.29, 1.82) is 0 Å². The maximum atomic E-state index is 11.1. The van der Waals surface area contributed by atoms with E-state index in [9.17, 15) is 4.79 Å². The first-order valence-electron chi connectivity index (χ1n) is 4.58. The molecule has 3 heteroatoms. The Hall–Kier alpha value is -0.180. The van der Waals surface area contributed by atoms with Crippen molar-refractivity contribution >= 4 is 18.6 Å². The minimum absolute atomic E-state index is 0.167. The summed E-state index contributed by atoms with van der Waals surface area (Å²) in [6, 6.07) is 0. The first-order chi connectivity index (χ1) is 5.70. The summed E-state index contributed by atoms with van der Waals surface area (Å²) in [6.07, 6.45) is 5.90. The van der Waals surface area contributed by atoms with Crippen LogP contribution in [0.15, 0.2) is 0 Å². The van der Waals surface area contributed by atoms with Crippen molar-refractivity contribution in [2.45, 2.75) is 50.4 Å². The van der Waals surface area contributed by atoms with Gasteiger partial charge >= 0.3 is 5.97 Å². The van der Waals surface area contributed by atoms with Gasteiger partial charge in [-0.2, -0.15) is 12.6 Å². The topological polar surface area (TPSA) is 26.3 Å². The first-order valence-corrected chi connectivity index (χ1v) is 5.10. The summed E-state index contributed by atoms with van der Waals surface area (Å²) in [6.45, 7) is 1.74. The standard InChI is InChI=1S/C9H16O2S/c1-7(12)9(10)11-8-5-3-2-4-6-8/h7-8,12H,2-6H2,1H3. The fourth-order valence-corrected chi connectivity index (χ4v) is 1.51. The number of carbonyl (C=O) groups is 1. The number of thiol groups is 1. The molecule has 0 aliphatic heterocycles. The second-order valence-electron chi connectivity index (χ2n) is 3.37. The lowest BCUT2D eigenvalue weighted by molar-refractivity contribution is -0.149. The van der Waals surface area contributed by atoms with Crippen molar-refractivity contribution in [1.82, 2.24) is 0 Å². The van der Waals surface area contributed by atoms with E-state index in [0.717, 1.165) is 12.8 Å².